The first-order valence-corrected chi connectivity index (χ1v) is 11.8. The molecule has 0 amide bonds. The van der Waals surface area contributed by atoms with E-state index < -0.39 is 4.08 Å². The summed E-state index contributed by atoms with van der Waals surface area (Å²) in [6.07, 6.45) is 11.5. The minimum absolute atomic E-state index is 0.00539. The highest BCUT2D eigenvalue weighted by Gasteiger charge is 2.23. The summed E-state index contributed by atoms with van der Waals surface area (Å²) in [6.45, 7) is 0.00539. The first-order chi connectivity index (χ1) is 11.1. The molecule has 140 valence electrons. The fourth-order valence-corrected chi connectivity index (χ4v) is 4.27. The van der Waals surface area contributed by atoms with Crippen LogP contribution in [0.2, 0.25) is 0 Å². The summed E-state index contributed by atoms with van der Waals surface area (Å²) in [4.78, 5) is 0. The Kier molecular flexibility index (Phi) is 17.7. The number of thiol groups is 2. The Hall–Kier alpha value is 1.28. The zero-order valence-corrected chi connectivity index (χ0v) is 17.6. The molecule has 3 nitrogen and oxygen atoms in total. The van der Waals surface area contributed by atoms with Gasteiger partial charge in [-0.2, -0.15) is 25.3 Å². The zero-order valence-electron chi connectivity index (χ0n) is 14.2. The molecule has 0 saturated carbocycles. The molecule has 2 atom stereocenters. The number of nitrogens with two attached hydrogens (primary N) is 1. The molecule has 0 aromatic rings. The number of aliphatic hydroxyl groups excluding tert-OH is 2. The highest BCUT2D eigenvalue weighted by atomic mass is 32.2. The molecular formula is C16H35NO2S4. The molecule has 0 aliphatic heterocycles. The summed E-state index contributed by atoms with van der Waals surface area (Å²) in [6, 6.07) is 0. The van der Waals surface area contributed by atoms with E-state index >= 15 is 0 Å². The quantitative estimate of drug-likeness (QED) is 0.110. The Bertz CT molecular complexity index is 256. The second kappa shape index (κ2) is 16.7. The maximum atomic E-state index is 9.98. The van der Waals surface area contributed by atoms with E-state index in [-0.39, 0.29) is 12.7 Å². The van der Waals surface area contributed by atoms with E-state index in [1.807, 2.05) is 0 Å². The van der Waals surface area contributed by atoms with Gasteiger partial charge in [-0.3, -0.25) is 5.14 Å². The van der Waals surface area contributed by atoms with Gasteiger partial charge in [-0.15, -0.1) is 11.8 Å². The predicted octanol–water partition coefficient (Wildman–Crippen LogP) is 4.14. The molecular weight excluding hydrogens is 366 g/mol. The molecule has 2 unspecified atom stereocenters. The first kappa shape index (κ1) is 24.3. The van der Waals surface area contributed by atoms with Crippen LogP contribution in [0.15, 0.2) is 0 Å². The van der Waals surface area contributed by atoms with Crippen molar-refractivity contribution in [3.05, 3.63) is 0 Å². The SMILES string of the molecule is NSCCCCCCCCCCC(O)CCSC(S)(CO)CS. The molecule has 0 aliphatic carbocycles. The van der Waals surface area contributed by atoms with Crippen LogP contribution in [0.1, 0.15) is 64.2 Å². The van der Waals surface area contributed by atoms with Gasteiger partial charge in [0.15, 0.2) is 0 Å². The molecule has 7 heteroatoms. The smallest absolute Gasteiger partial charge is 0.0899 e. The van der Waals surface area contributed by atoms with Crippen LogP contribution in [-0.2, 0) is 0 Å². The lowest BCUT2D eigenvalue weighted by Gasteiger charge is -2.23. The van der Waals surface area contributed by atoms with Crippen molar-refractivity contribution in [1.29, 1.82) is 0 Å². The normalized spacial score (nSPS) is 15.5. The number of hydrogen-bond acceptors (Lipinski definition) is 7. The Balaban J connectivity index is 3.35. The van der Waals surface area contributed by atoms with E-state index in [0.29, 0.717) is 5.75 Å². The molecule has 0 spiro atoms. The maximum Gasteiger partial charge on any atom is 0.0899 e. The van der Waals surface area contributed by atoms with Gasteiger partial charge in [-0.25, -0.2) is 0 Å². The average molecular weight is 402 g/mol. The van der Waals surface area contributed by atoms with Crippen LogP contribution in [0.25, 0.3) is 0 Å². The molecule has 0 aromatic heterocycles. The van der Waals surface area contributed by atoms with E-state index in [4.69, 9.17) is 5.14 Å². The fraction of sp³-hybridized carbons (Fsp3) is 1.00. The van der Waals surface area contributed by atoms with E-state index in [9.17, 15) is 10.2 Å². The molecule has 0 rings (SSSR count). The van der Waals surface area contributed by atoms with Gasteiger partial charge in [-0.1, -0.05) is 56.9 Å². The van der Waals surface area contributed by atoms with Crippen molar-refractivity contribution in [2.45, 2.75) is 74.4 Å². The van der Waals surface area contributed by atoms with Crippen LogP contribution in [0.4, 0.5) is 0 Å². The van der Waals surface area contributed by atoms with Crippen molar-refractivity contribution in [2.75, 3.05) is 23.9 Å². The Morgan fingerprint density at radius 2 is 1.48 bits per heavy atom. The van der Waals surface area contributed by atoms with Gasteiger partial charge < -0.3 is 10.2 Å². The van der Waals surface area contributed by atoms with E-state index in [1.165, 1.54) is 56.9 Å². The summed E-state index contributed by atoms with van der Waals surface area (Å²) in [5, 5.41) is 24.6. The van der Waals surface area contributed by atoms with Crippen LogP contribution >= 0.6 is 49.0 Å². The Morgan fingerprint density at radius 3 is 2.00 bits per heavy atom. The predicted molar refractivity (Wildman–Crippen MR) is 114 cm³/mol. The summed E-state index contributed by atoms with van der Waals surface area (Å²) < 4.78 is -0.480. The van der Waals surface area contributed by atoms with Crippen LogP contribution in [0.3, 0.4) is 0 Å². The maximum absolute atomic E-state index is 9.98. The highest BCUT2D eigenvalue weighted by Crippen LogP contribution is 2.31. The Labute approximate surface area is 162 Å². The summed E-state index contributed by atoms with van der Waals surface area (Å²) in [7, 11) is 0. The van der Waals surface area contributed by atoms with Crippen molar-refractivity contribution < 1.29 is 10.2 Å². The number of rotatable bonds is 17. The van der Waals surface area contributed by atoms with E-state index in [0.717, 1.165) is 30.8 Å². The number of aliphatic hydroxyl groups is 2. The van der Waals surface area contributed by atoms with Crippen molar-refractivity contribution in [3.63, 3.8) is 0 Å². The van der Waals surface area contributed by atoms with Gasteiger partial charge in [0.25, 0.3) is 0 Å². The van der Waals surface area contributed by atoms with Crippen LogP contribution in [-0.4, -0.2) is 44.3 Å². The molecule has 0 aromatic carbocycles. The number of hydrogen-bond donors (Lipinski definition) is 5. The van der Waals surface area contributed by atoms with Crippen molar-refractivity contribution in [3.8, 4) is 0 Å². The van der Waals surface area contributed by atoms with Gasteiger partial charge in [0.2, 0.25) is 0 Å². The number of unbranched alkanes of at least 4 members (excludes halogenated alkanes) is 7. The van der Waals surface area contributed by atoms with Crippen LogP contribution in [0.5, 0.6) is 0 Å². The lowest BCUT2D eigenvalue weighted by atomic mass is 10.0. The Morgan fingerprint density at radius 1 is 0.913 bits per heavy atom. The summed E-state index contributed by atoms with van der Waals surface area (Å²) >= 11 is 11.6. The largest absolute Gasteiger partial charge is 0.394 e. The minimum Gasteiger partial charge on any atom is -0.394 e. The third kappa shape index (κ3) is 15.3. The van der Waals surface area contributed by atoms with E-state index in [2.05, 4.69) is 25.3 Å². The molecule has 0 bridgehead atoms. The lowest BCUT2D eigenvalue weighted by Crippen LogP contribution is -2.25. The van der Waals surface area contributed by atoms with Crippen molar-refractivity contribution in [1.82, 2.24) is 0 Å². The van der Waals surface area contributed by atoms with Gasteiger partial charge in [0.05, 0.1) is 16.8 Å². The second-order valence-electron chi connectivity index (χ2n) is 6.04. The standard InChI is InChI=1S/C16H35NO2S4/c17-23-11-8-6-4-2-1-3-5-7-9-15(19)10-12-22-16(21,13-18)14-20/h15,18-21H,1-14,17H2. The zero-order chi connectivity index (χ0) is 17.4. The molecule has 0 radical (unpaired) electrons. The third-order valence-electron chi connectivity index (χ3n) is 3.87. The van der Waals surface area contributed by atoms with Crippen LogP contribution in [0, 0.1) is 0 Å². The topological polar surface area (TPSA) is 66.5 Å². The lowest BCUT2D eigenvalue weighted by molar-refractivity contribution is 0.157. The van der Waals surface area contributed by atoms with Crippen molar-refractivity contribution in [2.24, 2.45) is 5.14 Å². The van der Waals surface area contributed by atoms with Gasteiger partial charge >= 0.3 is 0 Å². The third-order valence-corrected chi connectivity index (χ3v) is 7.33. The monoisotopic (exact) mass is 401 g/mol. The van der Waals surface area contributed by atoms with E-state index in [1.54, 1.807) is 11.8 Å². The highest BCUT2D eigenvalue weighted by molar-refractivity contribution is 8.12. The minimum atomic E-state index is -0.480. The van der Waals surface area contributed by atoms with Gasteiger partial charge in [-0.05, 0) is 25.0 Å². The first-order valence-electron chi connectivity index (χ1n) is 8.66. The van der Waals surface area contributed by atoms with Crippen LogP contribution < -0.4 is 5.14 Å². The molecule has 0 fully saturated rings. The molecule has 0 aliphatic rings. The summed E-state index contributed by atoms with van der Waals surface area (Å²) in [5.74, 6) is 2.42. The van der Waals surface area contributed by atoms with Crippen molar-refractivity contribution >= 4 is 49.0 Å². The summed E-state index contributed by atoms with van der Waals surface area (Å²) in [5.41, 5.74) is 0. The fourth-order valence-electron chi connectivity index (χ4n) is 2.30. The van der Waals surface area contributed by atoms with Gasteiger partial charge in [0.1, 0.15) is 0 Å². The molecule has 23 heavy (non-hydrogen) atoms. The number of thioether (sulfide) groups is 1. The molecule has 4 N–H and O–H groups in total. The van der Waals surface area contributed by atoms with Gasteiger partial charge in [0, 0.05) is 11.5 Å². The average Bonchev–Trinajstić information content (AvgIpc) is 2.56. The molecule has 0 heterocycles. The second-order valence-corrected chi connectivity index (χ2v) is 9.74. The molecule has 0 saturated heterocycles.